The van der Waals surface area contributed by atoms with Crippen LogP contribution >= 0.6 is 0 Å². The van der Waals surface area contributed by atoms with E-state index in [1.807, 2.05) is 0 Å². The molecule has 0 radical (unpaired) electrons. The molecule has 1 aliphatic rings. The minimum atomic E-state index is 0.525. The highest BCUT2D eigenvalue weighted by Gasteiger charge is 2.30. The minimum absolute atomic E-state index is 0.525. The number of hydrogen-bond donors (Lipinski definition) is 0. The Morgan fingerprint density at radius 3 is 2.06 bits per heavy atom. The quantitative estimate of drug-likeness (QED) is 0.451. The molecular formula is C18H36. The Morgan fingerprint density at radius 2 is 1.61 bits per heavy atom. The van der Waals surface area contributed by atoms with Gasteiger partial charge in [0.2, 0.25) is 0 Å². The van der Waals surface area contributed by atoms with Crippen LogP contribution in [0, 0.1) is 29.1 Å². The summed E-state index contributed by atoms with van der Waals surface area (Å²) in [6, 6.07) is 0. The van der Waals surface area contributed by atoms with E-state index in [0.717, 1.165) is 23.7 Å². The molecule has 1 fully saturated rings. The highest BCUT2D eigenvalue weighted by molar-refractivity contribution is 4.82. The Labute approximate surface area is 116 Å². The zero-order chi connectivity index (χ0) is 13.8. The van der Waals surface area contributed by atoms with Gasteiger partial charge in [-0.25, -0.2) is 0 Å². The van der Waals surface area contributed by atoms with E-state index >= 15 is 0 Å². The summed E-state index contributed by atoms with van der Waals surface area (Å²) in [4.78, 5) is 0. The fourth-order valence-corrected chi connectivity index (χ4v) is 2.92. The van der Waals surface area contributed by atoms with Crippen LogP contribution < -0.4 is 0 Å². The molecule has 0 spiro atoms. The summed E-state index contributed by atoms with van der Waals surface area (Å²) in [5.41, 5.74) is 0.525. The number of hydrogen-bond acceptors (Lipinski definition) is 0. The summed E-state index contributed by atoms with van der Waals surface area (Å²) in [5.74, 6) is 3.78. The first-order valence-electron chi connectivity index (χ1n) is 8.31. The van der Waals surface area contributed by atoms with Crippen LogP contribution in [0.25, 0.3) is 0 Å². The molecule has 1 atom stereocenters. The standard InChI is InChI=1S/C18H36/c1-14(2)8-7-9-17(12-16-10-11-16)13-18(5,6)15(3)4/h14-17H,7-13H2,1-6H3. The first-order valence-corrected chi connectivity index (χ1v) is 8.31. The van der Waals surface area contributed by atoms with E-state index < -0.39 is 0 Å². The molecule has 1 saturated carbocycles. The lowest BCUT2D eigenvalue weighted by atomic mass is 9.72. The Morgan fingerprint density at radius 1 is 1.00 bits per heavy atom. The van der Waals surface area contributed by atoms with E-state index in [9.17, 15) is 0 Å². The van der Waals surface area contributed by atoms with Crippen molar-refractivity contribution in [1.29, 1.82) is 0 Å². The monoisotopic (exact) mass is 252 g/mol. The second kappa shape index (κ2) is 6.96. The van der Waals surface area contributed by atoms with Crippen LogP contribution in [-0.2, 0) is 0 Å². The highest BCUT2D eigenvalue weighted by Crippen LogP contribution is 2.42. The van der Waals surface area contributed by atoms with Gasteiger partial charge in [0, 0.05) is 0 Å². The van der Waals surface area contributed by atoms with Crippen molar-refractivity contribution in [2.45, 2.75) is 86.5 Å². The van der Waals surface area contributed by atoms with Gasteiger partial charge in [-0.3, -0.25) is 0 Å². The molecule has 0 N–H and O–H groups in total. The maximum Gasteiger partial charge on any atom is -0.0329 e. The van der Waals surface area contributed by atoms with Crippen LogP contribution in [-0.4, -0.2) is 0 Å². The van der Waals surface area contributed by atoms with Crippen LogP contribution in [0.2, 0.25) is 0 Å². The second-order valence-corrected chi connectivity index (χ2v) is 8.22. The van der Waals surface area contributed by atoms with Crippen LogP contribution in [0.1, 0.15) is 86.5 Å². The van der Waals surface area contributed by atoms with Gasteiger partial charge in [-0.1, -0.05) is 73.6 Å². The summed E-state index contributed by atoms with van der Waals surface area (Å²) in [5, 5.41) is 0. The van der Waals surface area contributed by atoms with Gasteiger partial charge >= 0.3 is 0 Å². The fourth-order valence-electron chi connectivity index (χ4n) is 2.92. The molecule has 0 aromatic rings. The molecule has 0 nitrogen and oxygen atoms in total. The van der Waals surface area contributed by atoms with Gasteiger partial charge in [-0.05, 0) is 41.9 Å². The summed E-state index contributed by atoms with van der Waals surface area (Å²) in [7, 11) is 0. The third kappa shape index (κ3) is 6.25. The molecular weight excluding hydrogens is 216 g/mol. The van der Waals surface area contributed by atoms with Crippen LogP contribution in [0.5, 0.6) is 0 Å². The van der Waals surface area contributed by atoms with Gasteiger partial charge < -0.3 is 0 Å². The van der Waals surface area contributed by atoms with Gasteiger partial charge in [0.05, 0.1) is 0 Å². The predicted molar refractivity (Wildman–Crippen MR) is 82.8 cm³/mol. The summed E-state index contributed by atoms with van der Waals surface area (Å²) in [6.45, 7) is 14.4. The van der Waals surface area contributed by atoms with Crippen molar-refractivity contribution in [1.82, 2.24) is 0 Å². The Hall–Kier alpha value is 0. The lowest BCUT2D eigenvalue weighted by Gasteiger charge is -2.34. The molecule has 1 rings (SSSR count). The molecule has 0 amide bonds. The third-order valence-corrected chi connectivity index (χ3v) is 5.14. The van der Waals surface area contributed by atoms with Crippen molar-refractivity contribution in [2.24, 2.45) is 29.1 Å². The average molecular weight is 252 g/mol. The third-order valence-electron chi connectivity index (χ3n) is 5.14. The average Bonchev–Trinajstić information content (AvgIpc) is 2.99. The van der Waals surface area contributed by atoms with Crippen molar-refractivity contribution in [3.63, 3.8) is 0 Å². The molecule has 108 valence electrons. The van der Waals surface area contributed by atoms with E-state index in [1.165, 1.54) is 44.9 Å². The Kier molecular flexibility index (Phi) is 6.21. The van der Waals surface area contributed by atoms with E-state index in [2.05, 4.69) is 41.5 Å². The number of rotatable bonds is 9. The first kappa shape index (κ1) is 16.1. The van der Waals surface area contributed by atoms with Crippen molar-refractivity contribution in [2.75, 3.05) is 0 Å². The zero-order valence-corrected chi connectivity index (χ0v) is 13.8. The highest BCUT2D eigenvalue weighted by atomic mass is 14.4. The maximum atomic E-state index is 2.47. The summed E-state index contributed by atoms with van der Waals surface area (Å²) in [6.07, 6.45) is 10.3. The van der Waals surface area contributed by atoms with E-state index in [1.54, 1.807) is 0 Å². The molecule has 0 saturated heterocycles. The first-order chi connectivity index (χ1) is 8.31. The van der Waals surface area contributed by atoms with Gasteiger partial charge in [0.15, 0.2) is 0 Å². The van der Waals surface area contributed by atoms with Crippen LogP contribution in [0.4, 0.5) is 0 Å². The molecule has 1 aliphatic carbocycles. The fraction of sp³-hybridized carbons (Fsp3) is 1.00. The van der Waals surface area contributed by atoms with E-state index in [-0.39, 0.29) is 0 Å². The second-order valence-electron chi connectivity index (χ2n) is 8.22. The topological polar surface area (TPSA) is 0 Å². The van der Waals surface area contributed by atoms with Crippen LogP contribution in [0.3, 0.4) is 0 Å². The van der Waals surface area contributed by atoms with Gasteiger partial charge in [-0.15, -0.1) is 0 Å². The Bertz CT molecular complexity index is 220. The minimum Gasteiger partial charge on any atom is -0.0628 e. The molecule has 1 unspecified atom stereocenters. The van der Waals surface area contributed by atoms with E-state index in [0.29, 0.717) is 5.41 Å². The van der Waals surface area contributed by atoms with Gasteiger partial charge in [-0.2, -0.15) is 0 Å². The smallest absolute Gasteiger partial charge is 0.0329 e. The maximum absolute atomic E-state index is 2.47. The Balaban J connectivity index is 2.39. The summed E-state index contributed by atoms with van der Waals surface area (Å²) < 4.78 is 0. The molecule has 0 aromatic heterocycles. The van der Waals surface area contributed by atoms with Crippen LogP contribution in [0.15, 0.2) is 0 Å². The lowest BCUT2D eigenvalue weighted by Crippen LogP contribution is -2.23. The zero-order valence-electron chi connectivity index (χ0n) is 13.8. The largest absolute Gasteiger partial charge is 0.0628 e. The molecule has 18 heavy (non-hydrogen) atoms. The van der Waals surface area contributed by atoms with Crippen molar-refractivity contribution in [3.05, 3.63) is 0 Å². The van der Waals surface area contributed by atoms with Crippen molar-refractivity contribution in [3.8, 4) is 0 Å². The molecule has 0 heteroatoms. The van der Waals surface area contributed by atoms with Gasteiger partial charge in [0.25, 0.3) is 0 Å². The molecule has 0 aromatic carbocycles. The lowest BCUT2D eigenvalue weighted by molar-refractivity contribution is 0.171. The SMILES string of the molecule is CC(C)CCCC(CC1CC1)CC(C)(C)C(C)C. The van der Waals surface area contributed by atoms with Gasteiger partial charge in [0.1, 0.15) is 0 Å². The molecule has 0 heterocycles. The van der Waals surface area contributed by atoms with Crippen molar-refractivity contribution < 1.29 is 0 Å². The van der Waals surface area contributed by atoms with Crippen molar-refractivity contribution >= 4 is 0 Å². The normalized spacial score (nSPS) is 18.7. The van der Waals surface area contributed by atoms with E-state index in [4.69, 9.17) is 0 Å². The molecule has 0 bridgehead atoms. The molecule has 0 aliphatic heterocycles. The predicted octanol–water partition coefficient (Wildman–Crippen LogP) is 6.30. The summed E-state index contributed by atoms with van der Waals surface area (Å²) >= 11 is 0.